The molecule has 17 heavy (non-hydrogen) atoms. The summed E-state index contributed by atoms with van der Waals surface area (Å²) in [6, 6.07) is 0. The Morgan fingerprint density at radius 2 is 2.12 bits per heavy atom. The molecule has 2 saturated heterocycles. The highest BCUT2D eigenvalue weighted by atomic mass is 16.5. The summed E-state index contributed by atoms with van der Waals surface area (Å²) in [6.07, 6.45) is 1.45. The second-order valence-corrected chi connectivity index (χ2v) is 4.85. The van der Waals surface area contributed by atoms with Crippen LogP contribution in [-0.2, 0) is 19.1 Å². The van der Waals surface area contributed by atoms with Crippen LogP contribution in [0.25, 0.3) is 0 Å². The molecule has 2 fully saturated rings. The molecule has 0 aromatic rings. The molecule has 0 N–H and O–H groups in total. The molecule has 0 radical (unpaired) electrons. The molecule has 2 heterocycles. The van der Waals surface area contributed by atoms with E-state index in [-0.39, 0.29) is 29.8 Å². The molecule has 0 aliphatic carbocycles. The standard InChI is InChI=1S/C12H19NO4/c1-8-6-13(7-9(8)12(15)16-2)11(14)10-4-3-5-17-10/h8-10H,3-7H2,1-2H3/t8?,9?,10-/m1/s1. The van der Waals surface area contributed by atoms with Crippen molar-refractivity contribution in [2.45, 2.75) is 25.9 Å². The topological polar surface area (TPSA) is 55.8 Å². The van der Waals surface area contributed by atoms with Crippen LogP contribution in [0.1, 0.15) is 19.8 Å². The van der Waals surface area contributed by atoms with Gasteiger partial charge in [0.1, 0.15) is 6.10 Å². The number of methoxy groups -OCH3 is 1. The van der Waals surface area contributed by atoms with E-state index in [4.69, 9.17) is 9.47 Å². The summed E-state index contributed by atoms with van der Waals surface area (Å²) in [4.78, 5) is 25.4. The zero-order valence-corrected chi connectivity index (χ0v) is 10.3. The second kappa shape index (κ2) is 5.04. The van der Waals surface area contributed by atoms with Crippen LogP contribution in [0.2, 0.25) is 0 Å². The molecule has 96 valence electrons. The van der Waals surface area contributed by atoms with E-state index in [9.17, 15) is 9.59 Å². The Labute approximate surface area is 101 Å². The van der Waals surface area contributed by atoms with Crippen molar-refractivity contribution in [3.63, 3.8) is 0 Å². The fourth-order valence-corrected chi connectivity index (χ4v) is 2.58. The van der Waals surface area contributed by atoms with Crippen molar-refractivity contribution in [3.05, 3.63) is 0 Å². The van der Waals surface area contributed by atoms with Crippen LogP contribution in [0, 0.1) is 11.8 Å². The van der Waals surface area contributed by atoms with Crippen molar-refractivity contribution in [2.24, 2.45) is 11.8 Å². The van der Waals surface area contributed by atoms with Gasteiger partial charge in [-0.2, -0.15) is 0 Å². The van der Waals surface area contributed by atoms with Crippen molar-refractivity contribution in [2.75, 3.05) is 26.8 Å². The van der Waals surface area contributed by atoms with Crippen molar-refractivity contribution < 1.29 is 19.1 Å². The zero-order chi connectivity index (χ0) is 12.4. The Balaban J connectivity index is 1.95. The molecule has 5 nitrogen and oxygen atoms in total. The highest BCUT2D eigenvalue weighted by Gasteiger charge is 2.40. The van der Waals surface area contributed by atoms with Gasteiger partial charge in [-0.1, -0.05) is 6.92 Å². The molecular formula is C12H19NO4. The average Bonchev–Trinajstić information content (AvgIpc) is 2.96. The second-order valence-electron chi connectivity index (χ2n) is 4.85. The first-order valence-corrected chi connectivity index (χ1v) is 6.11. The number of hydrogen-bond acceptors (Lipinski definition) is 4. The van der Waals surface area contributed by atoms with Crippen LogP contribution in [0.15, 0.2) is 0 Å². The first-order chi connectivity index (χ1) is 8.13. The molecule has 0 spiro atoms. The largest absolute Gasteiger partial charge is 0.469 e. The van der Waals surface area contributed by atoms with E-state index in [0.29, 0.717) is 19.7 Å². The number of carbonyl (C=O) groups is 2. The number of ether oxygens (including phenoxy) is 2. The molecule has 2 unspecified atom stereocenters. The van der Waals surface area contributed by atoms with E-state index < -0.39 is 0 Å². The van der Waals surface area contributed by atoms with E-state index in [1.807, 2.05) is 6.92 Å². The number of likely N-dealkylation sites (tertiary alicyclic amines) is 1. The molecule has 0 bridgehead atoms. The van der Waals surface area contributed by atoms with E-state index in [2.05, 4.69) is 0 Å². The van der Waals surface area contributed by atoms with Crippen LogP contribution < -0.4 is 0 Å². The SMILES string of the molecule is COC(=O)C1CN(C(=O)[C@H]2CCCO2)CC1C. The third-order valence-corrected chi connectivity index (χ3v) is 3.63. The Bertz CT molecular complexity index is 312. The fourth-order valence-electron chi connectivity index (χ4n) is 2.58. The van der Waals surface area contributed by atoms with E-state index in [1.54, 1.807) is 4.90 Å². The van der Waals surface area contributed by atoms with Crippen LogP contribution in [0.3, 0.4) is 0 Å². The van der Waals surface area contributed by atoms with Crippen LogP contribution >= 0.6 is 0 Å². The van der Waals surface area contributed by atoms with Gasteiger partial charge < -0.3 is 14.4 Å². The number of nitrogens with zero attached hydrogens (tertiary/aromatic N) is 1. The normalized spacial score (nSPS) is 32.8. The van der Waals surface area contributed by atoms with Gasteiger partial charge in [0, 0.05) is 19.7 Å². The van der Waals surface area contributed by atoms with Crippen LogP contribution in [-0.4, -0.2) is 49.7 Å². The van der Waals surface area contributed by atoms with Gasteiger partial charge in [-0.15, -0.1) is 0 Å². The maximum absolute atomic E-state index is 12.1. The Hall–Kier alpha value is -1.10. The first kappa shape index (κ1) is 12.4. The summed E-state index contributed by atoms with van der Waals surface area (Å²) in [5.41, 5.74) is 0. The monoisotopic (exact) mass is 241 g/mol. The minimum Gasteiger partial charge on any atom is -0.469 e. The van der Waals surface area contributed by atoms with Gasteiger partial charge in [-0.25, -0.2) is 0 Å². The van der Waals surface area contributed by atoms with E-state index in [1.165, 1.54) is 7.11 Å². The summed E-state index contributed by atoms with van der Waals surface area (Å²) in [5.74, 6) is -0.223. The average molecular weight is 241 g/mol. The summed E-state index contributed by atoms with van der Waals surface area (Å²) in [7, 11) is 1.39. The highest BCUT2D eigenvalue weighted by Crippen LogP contribution is 2.26. The maximum Gasteiger partial charge on any atom is 0.310 e. The predicted molar refractivity (Wildman–Crippen MR) is 60.2 cm³/mol. The maximum atomic E-state index is 12.1. The third-order valence-electron chi connectivity index (χ3n) is 3.63. The van der Waals surface area contributed by atoms with Gasteiger partial charge in [-0.05, 0) is 18.8 Å². The van der Waals surface area contributed by atoms with Gasteiger partial charge >= 0.3 is 5.97 Å². The molecule has 2 aliphatic heterocycles. The predicted octanol–water partition coefficient (Wildman–Crippen LogP) is 0.433. The van der Waals surface area contributed by atoms with Crippen molar-refractivity contribution in [3.8, 4) is 0 Å². The Morgan fingerprint density at radius 1 is 1.35 bits per heavy atom. The Kier molecular flexibility index (Phi) is 3.66. The lowest BCUT2D eigenvalue weighted by Gasteiger charge is -2.19. The molecule has 2 rings (SSSR count). The molecular weight excluding hydrogens is 222 g/mol. The number of rotatable bonds is 2. The number of amides is 1. The van der Waals surface area contributed by atoms with Gasteiger partial charge in [0.25, 0.3) is 5.91 Å². The summed E-state index contributed by atoms with van der Waals surface area (Å²) in [5, 5.41) is 0. The lowest BCUT2D eigenvalue weighted by molar-refractivity contribution is -0.146. The van der Waals surface area contributed by atoms with E-state index in [0.717, 1.165) is 12.8 Å². The lowest BCUT2D eigenvalue weighted by atomic mass is 9.99. The third kappa shape index (κ3) is 2.44. The van der Waals surface area contributed by atoms with Gasteiger partial charge in [0.2, 0.25) is 0 Å². The highest BCUT2D eigenvalue weighted by molar-refractivity contribution is 5.83. The van der Waals surface area contributed by atoms with Crippen LogP contribution in [0.4, 0.5) is 0 Å². The molecule has 3 atom stereocenters. The van der Waals surface area contributed by atoms with E-state index >= 15 is 0 Å². The Morgan fingerprint density at radius 3 is 2.71 bits per heavy atom. The summed E-state index contributed by atoms with van der Waals surface area (Å²) >= 11 is 0. The summed E-state index contributed by atoms with van der Waals surface area (Å²) in [6.45, 7) is 3.73. The quantitative estimate of drug-likeness (QED) is 0.658. The molecule has 0 aromatic carbocycles. The number of hydrogen-bond donors (Lipinski definition) is 0. The minimum absolute atomic E-state index is 0.0285. The zero-order valence-electron chi connectivity index (χ0n) is 10.3. The lowest BCUT2D eigenvalue weighted by Crippen LogP contribution is -2.38. The molecule has 2 aliphatic rings. The van der Waals surface area contributed by atoms with Crippen molar-refractivity contribution in [1.82, 2.24) is 4.90 Å². The van der Waals surface area contributed by atoms with Crippen molar-refractivity contribution in [1.29, 1.82) is 0 Å². The van der Waals surface area contributed by atoms with Crippen LogP contribution in [0.5, 0.6) is 0 Å². The minimum atomic E-state index is -0.293. The summed E-state index contributed by atoms with van der Waals surface area (Å²) < 4.78 is 10.1. The molecule has 0 aromatic heterocycles. The number of carbonyl (C=O) groups excluding carboxylic acids is 2. The molecule has 0 saturated carbocycles. The molecule has 5 heteroatoms. The van der Waals surface area contributed by atoms with Gasteiger partial charge in [0.15, 0.2) is 0 Å². The van der Waals surface area contributed by atoms with Crippen molar-refractivity contribution >= 4 is 11.9 Å². The fraction of sp³-hybridized carbons (Fsp3) is 0.833. The first-order valence-electron chi connectivity index (χ1n) is 6.11. The van der Waals surface area contributed by atoms with Gasteiger partial charge in [-0.3, -0.25) is 9.59 Å². The smallest absolute Gasteiger partial charge is 0.310 e. The van der Waals surface area contributed by atoms with Gasteiger partial charge in [0.05, 0.1) is 13.0 Å². The molecule has 1 amide bonds. The number of esters is 1.